The molecule has 2 aromatic heterocycles. The quantitative estimate of drug-likeness (QED) is 0.567. The lowest BCUT2D eigenvalue weighted by atomic mass is 10.2. The Morgan fingerprint density at radius 2 is 1.78 bits per heavy atom. The normalized spacial score (nSPS) is 12.2. The van der Waals surface area contributed by atoms with Crippen molar-refractivity contribution in [1.29, 1.82) is 0 Å². The van der Waals surface area contributed by atoms with Gasteiger partial charge in [0, 0.05) is 23.9 Å². The van der Waals surface area contributed by atoms with Crippen LogP contribution in [0, 0.1) is 0 Å². The number of carbonyl (C=O) groups excluding carboxylic acids is 2. The summed E-state index contributed by atoms with van der Waals surface area (Å²) >= 11 is 0. The first-order valence-electron chi connectivity index (χ1n) is 9.30. The maximum atomic E-state index is 12.8. The van der Waals surface area contributed by atoms with E-state index in [4.69, 9.17) is 10.5 Å². The van der Waals surface area contributed by atoms with Gasteiger partial charge in [-0.15, -0.1) is 0 Å². The Labute approximate surface area is 180 Å². The number of anilines is 1. The number of amides is 1. The topological polar surface area (TPSA) is 120 Å². The van der Waals surface area contributed by atoms with Gasteiger partial charge in [-0.3, -0.25) is 9.59 Å². The maximum Gasteiger partial charge on any atom is 0.416 e. The molecular formula is C21H18F3N5O3. The number of alkyl halides is 3. The molecule has 0 radical (unpaired) electrons. The molecule has 1 atom stereocenters. The molecule has 3 aromatic rings. The molecule has 3 N–H and O–H groups in total. The van der Waals surface area contributed by atoms with Gasteiger partial charge in [-0.25, -0.2) is 15.0 Å². The SMILES string of the molecule is CC(=O)[C@H](C)Nc1cc(C(N)=O)nc(-c2ccc(Oc3cc(C(F)(F)F)ccn3)cc2)n1. The van der Waals surface area contributed by atoms with Crippen molar-refractivity contribution < 1.29 is 27.5 Å². The number of Topliss-reactive ketones (excluding diaryl/α,β-unsaturated/α-hetero) is 1. The lowest BCUT2D eigenvalue weighted by molar-refractivity contribution is -0.137. The summed E-state index contributed by atoms with van der Waals surface area (Å²) in [5.74, 6) is -0.499. The number of carbonyl (C=O) groups is 2. The molecule has 1 aromatic carbocycles. The number of hydrogen-bond donors (Lipinski definition) is 2. The first-order valence-corrected chi connectivity index (χ1v) is 9.30. The third-order valence-electron chi connectivity index (χ3n) is 4.35. The van der Waals surface area contributed by atoms with Gasteiger partial charge in [-0.2, -0.15) is 13.2 Å². The first-order chi connectivity index (χ1) is 15.0. The van der Waals surface area contributed by atoms with Gasteiger partial charge in [0.05, 0.1) is 11.6 Å². The van der Waals surface area contributed by atoms with E-state index in [1.54, 1.807) is 19.1 Å². The molecule has 0 aliphatic heterocycles. The van der Waals surface area contributed by atoms with Crippen molar-refractivity contribution in [3.05, 3.63) is 59.9 Å². The molecule has 3 rings (SSSR count). The van der Waals surface area contributed by atoms with E-state index in [0.29, 0.717) is 5.56 Å². The number of ether oxygens (including phenoxy) is 1. The molecule has 166 valence electrons. The van der Waals surface area contributed by atoms with Crippen LogP contribution in [0.2, 0.25) is 0 Å². The van der Waals surface area contributed by atoms with Crippen LogP contribution in [0.4, 0.5) is 19.0 Å². The van der Waals surface area contributed by atoms with Gasteiger partial charge >= 0.3 is 6.18 Å². The first kappa shape index (κ1) is 22.7. The molecule has 0 saturated heterocycles. The lowest BCUT2D eigenvalue weighted by Gasteiger charge is -2.13. The third-order valence-corrected chi connectivity index (χ3v) is 4.35. The number of halogens is 3. The Kier molecular flexibility index (Phi) is 6.37. The van der Waals surface area contributed by atoms with Crippen LogP contribution in [0.1, 0.15) is 29.9 Å². The second-order valence-electron chi connectivity index (χ2n) is 6.81. The number of aromatic nitrogens is 3. The fourth-order valence-electron chi connectivity index (χ4n) is 2.53. The molecule has 11 heteroatoms. The molecule has 1 amide bonds. The van der Waals surface area contributed by atoms with Crippen LogP contribution in [-0.2, 0) is 11.0 Å². The van der Waals surface area contributed by atoms with Crippen molar-refractivity contribution >= 4 is 17.5 Å². The molecule has 0 aliphatic rings. The molecule has 0 unspecified atom stereocenters. The van der Waals surface area contributed by atoms with Crippen LogP contribution >= 0.6 is 0 Å². The summed E-state index contributed by atoms with van der Waals surface area (Å²) in [7, 11) is 0. The Bertz CT molecular complexity index is 1150. The second kappa shape index (κ2) is 9.00. The van der Waals surface area contributed by atoms with E-state index in [1.165, 1.54) is 25.1 Å². The third kappa shape index (κ3) is 5.56. The molecule has 32 heavy (non-hydrogen) atoms. The Morgan fingerprint density at radius 3 is 2.38 bits per heavy atom. The number of nitrogens with one attached hydrogen (secondary N) is 1. The minimum absolute atomic E-state index is 0.0539. The molecule has 2 heterocycles. The average molecular weight is 445 g/mol. The largest absolute Gasteiger partial charge is 0.439 e. The minimum Gasteiger partial charge on any atom is -0.439 e. The molecule has 0 saturated carbocycles. The summed E-state index contributed by atoms with van der Waals surface area (Å²) in [6, 6.07) is 8.52. The summed E-state index contributed by atoms with van der Waals surface area (Å²) in [5.41, 5.74) is 4.89. The predicted molar refractivity (Wildman–Crippen MR) is 109 cm³/mol. The van der Waals surface area contributed by atoms with Gasteiger partial charge in [0.25, 0.3) is 5.91 Å². The van der Waals surface area contributed by atoms with Gasteiger partial charge in [-0.1, -0.05) is 0 Å². The Hall–Kier alpha value is -4.02. The highest BCUT2D eigenvalue weighted by atomic mass is 19.4. The van der Waals surface area contributed by atoms with E-state index in [0.717, 1.165) is 18.3 Å². The van der Waals surface area contributed by atoms with E-state index >= 15 is 0 Å². The van der Waals surface area contributed by atoms with Gasteiger partial charge in [0.15, 0.2) is 11.6 Å². The number of nitrogens with zero attached hydrogens (tertiary/aromatic N) is 3. The van der Waals surface area contributed by atoms with Crippen LogP contribution in [-0.4, -0.2) is 32.7 Å². The highest BCUT2D eigenvalue weighted by molar-refractivity contribution is 5.92. The highest BCUT2D eigenvalue weighted by Crippen LogP contribution is 2.32. The molecule has 0 aliphatic carbocycles. The van der Waals surface area contributed by atoms with Crippen molar-refractivity contribution in [2.75, 3.05) is 5.32 Å². The van der Waals surface area contributed by atoms with E-state index in [2.05, 4.69) is 20.3 Å². The van der Waals surface area contributed by atoms with E-state index < -0.39 is 23.7 Å². The van der Waals surface area contributed by atoms with Gasteiger partial charge < -0.3 is 15.8 Å². The molecular weight excluding hydrogens is 427 g/mol. The van der Waals surface area contributed by atoms with Crippen molar-refractivity contribution in [2.45, 2.75) is 26.1 Å². The number of rotatable bonds is 7. The van der Waals surface area contributed by atoms with Crippen molar-refractivity contribution in [1.82, 2.24) is 15.0 Å². The fraction of sp³-hybridized carbons (Fsp3) is 0.190. The van der Waals surface area contributed by atoms with Crippen molar-refractivity contribution in [3.8, 4) is 23.0 Å². The van der Waals surface area contributed by atoms with Crippen LogP contribution in [0.25, 0.3) is 11.4 Å². The number of benzene rings is 1. The molecule has 0 fully saturated rings. The van der Waals surface area contributed by atoms with Gasteiger partial charge in [0.1, 0.15) is 17.3 Å². The van der Waals surface area contributed by atoms with E-state index in [1.807, 2.05) is 0 Å². The molecule has 0 bridgehead atoms. The smallest absolute Gasteiger partial charge is 0.416 e. The van der Waals surface area contributed by atoms with Crippen LogP contribution in [0.15, 0.2) is 48.7 Å². The standard InChI is InChI=1S/C21H18F3N5O3/c1-11(12(2)30)27-17-10-16(19(25)31)28-20(29-17)13-3-5-15(6-4-13)32-18-9-14(7-8-26-18)21(22,23)24/h3-11H,1-2H3,(H2,25,31)(H,27,28,29)/t11-/m0/s1. The van der Waals surface area contributed by atoms with E-state index in [-0.39, 0.29) is 34.7 Å². The second-order valence-corrected chi connectivity index (χ2v) is 6.81. The highest BCUT2D eigenvalue weighted by Gasteiger charge is 2.31. The zero-order valence-corrected chi connectivity index (χ0v) is 17.0. The van der Waals surface area contributed by atoms with Crippen LogP contribution in [0.5, 0.6) is 11.6 Å². The summed E-state index contributed by atoms with van der Waals surface area (Å²) in [4.78, 5) is 35.3. The fourth-order valence-corrected chi connectivity index (χ4v) is 2.53. The molecule has 0 spiro atoms. The zero-order chi connectivity index (χ0) is 23.5. The number of ketones is 1. The summed E-state index contributed by atoms with van der Waals surface area (Å²) in [5, 5.41) is 2.87. The Morgan fingerprint density at radius 1 is 1.09 bits per heavy atom. The van der Waals surface area contributed by atoms with Gasteiger partial charge in [0.2, 0.25) is 5.88 Å². The Balaban J connectivity index is 1.86. The average Bonchev–Trinajstić information content (AvgIpc) is 2.73. The van der Waals surface area contributed by atoms with Crippen molar-refractivity contribution in [2.24, 2.45) is 5.73 Å². The summed E-state index contributed by atoms with van der Waals surface area (Å²) in [6.07, 6.45) is -3.51. The number of primary amides is 1. The van der Waals surface area contributed by atoms with Gasteiger partial charge in [-0.05, 0) is 44.2 Å². The van der Waals surface area contributed by atoms with E-state index in [9.17, 15) is 22.8 Å². The zero-order valence-electron chi connectivity index (χ0n) is 17.0. The van der Waals surface area contributed by atoms with Crippen LogP contribution < -0.4 is 15.8 Å². The number of nitrogens with two attached hydrogens (primary N) is 1. The maximum absolute atomic E-state index is 12.8. The summed E-state index contributed by atoms with van der Waals surface area (Å²) < 4.78 is 43.9. The lowest BCUT2D eigenvalue weighted by Crippen LogP contribution is -2.25. The monoisotopic (exact) mass is 445 g/mol. The predicted octanol–water partition coefficient (Wildman–Crippen LogP) is 3.84. The molecule has 8 nitrogen and oxygen atoms in total. The number of pyridine rings is 1. The van der Waals surface area contributed by atoms with Crippen molar-refractivity contribution in [3.63, 3.8) is 0 Å². The summed E-state index contributed by atoms with van der Waals surface area (Å²) in [6.45, 7) is 3.05. The van der Waals surface area contributed by atoms with Crippen LogP contribution in [0.3, 0.4) is 0 Å². The minimum atomic E-state index is -4.51. The number of hydrogen-bond acceptors (Lipinski definition) is 7.